The molecule has 2 aromatic heterocycles. The number of aromatic nitrogens is 2. The second kappa shape index (κ2) is 10.9. The second-order valence-corrected chi connectivity index (χ2v) is 9.33. The normalized spacial score (nSPS) is 20.9. The predicted octanol–water partition coefficient (Wildman–Crippen LogP) is 3.48. The van der Waals surface area contributed by atoms with Gasteiger partial charge >= 0.3 is 0 Å². The minimum absolute atomic E-state index is 0.0171. The van der Waals surface area contributed by atoms with Gasteiger partial charge in [0.1, 0.15) is 6.04 Å². The summed E-state index contributed by atoms with van der Waals surface area (Å²) in [7, 11) is 1.76. The van der Waals surface area contributed by atoms with Crippen LogP contribution in [0.4, 0.5) is 0 Å². The molecule has 33 heavy (non-hydrogen) atoms. The molecule has 2 fully saturated rings. The summed E-state index contributed by atoms with van der Waals surface area (Å²) in [5.41, 5.74) is 3.13. The molecule has 0 bridgehead atoms. The van der Waals surface area contributed by atoms with Gasteiger partial charge in [-0.1, -0.05) is 19.3 Å². The van der Waals surface area contributed by atoms with Gasteiger partial charge in [-0.25, -0.2) is 0 Å². The summed E-state index contributed by atoms with van der Waals surface area (Å²) in [6, 6.07) is 5.25. The first kappa shape index (κ1) is 23.4. The number of amides is 2. The van der Waals surface area contributed by atoms with Crippen molar-refractivity contribution >= 4 is 11.8 Å². The third kappa shape index (κ3) is 5.41. The fourth-order valence-electron chi connectivity index (χ4n) is 5.16. The van der Waals surface area contributed by atoms with E-state index in [1.807, 2.05) is 36.4 Å². The van der Waals surface area contributed by atoms with Crippen molar-refractivity contribution in [2.45, 2.75) is 70.0 Å². The lowest BCUT2D eigenvalue weighted by Gasteiger charge is -2.35. The van der Waals surface area contributed by atoms with Crippen molar-refractivity contribution in [3.05, 3.63) is 48.5 Å². The van der Waals surface area contributed by atoms with Gasteiger partial charge in [0.15, 0.2) is 0 Å². The summed E-state index contributed by atoms with van der Waals surface area (Å²) < 4.78 is 0. The van der Waals surface area contributed by atoms with Crippen LogP contribution in [0, 0.1) is 5.92 Å². The van der Waals surface area contributed by atoms with Crippen LogP contribution in [0.15, 0.2) is 43.0 Å². The zero-order chi connectivity index (χ0) is 23.2. The van der Waals surface area contributed by atoms with Crippen molar-refractivity contribution in [1.29, 1.82) is 0 Å². The molecule has 176 valence electrons. The van der Waals surface area contributed by atoms with E-state index < -0.39 is 6.04 Å². The van der Waals surface area contributed by atoms with Gasteiger partial charge in [-0.2, -0.15) is 0 Å². The van der Waals surface area contributed by atoms with E-state index in [4.69, 9.17) is 0 Å². The molecule has 0 unspecified atom stereocenters. The molecule has 1 saturated carbocycles. The van der Waals surface area contributed by atoms with Crippen molar-refractivity contribution < 1.29 is 9.59 Å². The van der Waals surface area contributed by atoms with E-state index in [0.717, 1.165) is 55.2 Å². The highest BCUT2D eigenvalue weighted by Gasteiger charge is 2.39. The Morgan fingerprint density at radius 3 is 2.48 bits per heavy atom. The van der Waals surface area contributed by atoms with Crippen molar-refractivity contribution in [1.82, 2.24) is 25.5 Å². The van der Waals surface area contributed by atoms with Gasteiger partial charge in [-0.05, 0) is 74.9 Å². The van der Waals surface area contributed by atoms with E-state index in [1.54, 1.807) is 19.4 Å². The molecule has 4 rings (SSSR count). The predicted molar refractivity (Wildman–Crippen MR) is 128 cm³/mol. The lowest BCUT2D eigenvalue weighted by atomic mass is 9.83. The first-order valence-corrected chi connectivity index (χ1v) is 12.2. The number of hydrogen-bond acceptors (Lipinski definition) is 5. The topological polar surface area (TPSA) is 87.2 Å². The Bertz CT molecular complexity index is 945. The molecule has 3 heterocycles. The summed E-state index contributed by atoms with van der Waals surface area (Å²) in [5.74, 6) is 0.135. The number of hydrogen-bond donors (Lipinski definition) is 2. The fourth-order valence-corrected chi connectivity index (χ4v) is 5.16. The van der Waals surface area contributed by atoms with Gasteiger partial charge in [0.2, 0.25) is 11.8 Å². The summed E-state index contributed by atoms with van der Waals surface area (Å²) in [4.78, 5) is 37.2. The Morgan fingerprint density at radius 2 is 1.76 bits per heavy atom. The average Bonchev–Trinajstić information content (AvgIpc) is 3.37. The van der Waals surface area contributed by atoms with Gasteiger partial charge in [0, 0.05) is 36.9 Å². The van der Waals surface area contributed by atoms with Gasteiger partial charge in [0.25, 0.3) is 0 Å². The number of nitrogens with zero attached hydrogens (tertiary/aromatic N) is 3. The lowest BCUT2D eigenvalue weighted by molar-refractivity contribution is -0.139. The van der Waals surface area contributed by atoms with Crippen LogP contribution in [-0.2, 0) is 9.59 Å². The van der Waals surface area contributed by atoms with Crippen LogP contribution in [0.5, 0.6) is 0 Å². The molecular weight excluding hydrogens is 414 g/mol. The standard InChI is InChI=1S/C26H35N5O2/c1-18(27-2)25(32)30-24(20-7-4-3-5-8-20)26(33)31-14-6-9-23(31)22-15-21(16-29-17-22)19-10-12-28-13-11-19/h10-13,15-18,20,23-24,27H,3-9,14H2,1-2H3,(H,30,32)/t18-,23-,24-/m0/s1. The SMILES string of the molecule is CN[C@@H](C)C(=O)N[C@H](C(=O)N1CCC[C@H]1c1cncc(-c2ccncc2)c1)C1CCCCC1. The third-order valence-corrected chi connectivity index (χ3v) is 7.21. The summed E-state index contributed by atoms with van der Waals surface area (Å²) in [5, 5.41) is 6.10. The zero-order valence-corrected chi connectivity index (χ0v) is 19.7. The van der Waals surface area contributed by atoms with Crippen molar-refractivity contribution in [2.75, 3.05) is 13.6 Å². The van der Waals surface area contributed by atoms with Crippen LogP contribution in [0.3, 0.4) is 0 Å². The summed E-state index contributed by atoms with van der Waals surface area (Å²) >= 11 is 0. The van der Waals surface area contributed by atoms with Crippen molar-refractivity contribution in [2.24, 2.45) is 5.92 Å². The molecule has 1 saturated heterocycles. The van der Waals surface area contributed by atoms with Crippen molar-refractivity contribution in [3.63, 3.8) is 0 Å². The minimum Gasteiger partial charge on any atom is -0.343 e. The second-order valence-electron chi connectivity index (χ2n) is 9.33. The molecular formula is C26H35N5O2. The van der Waals surface area contributed by atoms with E-state index in [9.17, 15) is 9.59 Å². The Hall–Kier alpha value is -2.80. The molecule has 7 nitrogen and oxygen atoms in total. The third-order valence-electron chi connectivity index (χ3n) is 7.21. The Morgan fingerprint density at radius 1 is 1.00 bits per heavy atom. The molecule has 7 heteroatoms. The van der Waals surface area contributed by atoms with E-state index in [0.29, 0.717) is 6.54 Å². The number of likely N-dealkylation sites (N-methyl/N-ethyl adjacent to an activating group) is 1. The number of rotatable bonds is 7. The zero-order valence-electron chi connectivity index (χ0n) is 19.7. The maximum absolute atomic E-state index is 13.9. The molecule has 2 aromatic rings. The number of likely N-dealkylation sites (tertiary alicyclic amines) is 1. The molecule has 3 atom stereocenters. The quantitative estimate of drug-likeness (QED) is 0.676. The molecule has 2 amide bonds. The first-order chi connectivity index (χ1) is 16.1. The molecule has 2 aliphatic rings. The largest absolute Gasteiger partial charge is 0.343 e. The van der Waals surface area contributed by atoms with Crippen LogP contribution in [0.25, 0.3) is 11.1 Å². The molecule has 1 aliphatic carbocycles. The maximum atomic E-state index is 13.9. The Labute approximate surface area is 196 Å². The highest BCUT2D eigenvalue weighted by Crippen LogP contribution is 2.36. The number of carbonyl (C=O) groups is 2. The van der Waals surface area contributed by atoms with Crippen molar-refractivity contribution in [3.8, 4) is 11.1 Å². The van der Waals surface area contributed by atoms with Crippen LogP contribution >= 0.6 is 0 Å². The van der Waals surface area contributed by atoms with Crippen LogP contribution in [-0.4, -0.2) is 52.4 Å². The monoisotopic (exact) mass is 449 g/mol. The highest BCUT2D eigenvalue weighted by molar-refractivity contribution is 5.90. The molecule has 0 radical (unpaired) electrons. The van der Waals surface area contributed by atoms with Crippen LogP contribution in [0.1, 0.15) is 63.5 Å². The van der Waals surface area contributed by atoms with Gasteiger partial charge in [-0.3, -0.25) is 19.6 Å². The van der Waals surface area contributed by atoms with Gasteiger partial charge in [-0.15, -0.1) is 0 Å². The number of carbonyl (C=O) groups excluding carboxylic acids is 2. The summed E-state index contributed by atoms with van der Waals surface area (Å²) in [6.45, 7) is 2.54. The smallest absolute Gasteiger partial charge is 0.245 e. The fraction of sp³-hybridized carbons (Fsp3) is 0.538. The minimum atomic E-state index is -0.467. The molecule has 2 N–H and O–H groups in total. The van der Waals surface area contributed by atoms with Crippen LogP contribution in [0.2, 0.25) is 0 Å². The molecule has 1 aliphatic heterocycles. The maximum Gasteiger partial charge on any atom is 0.245 e. The van der Waals surface area contributed by atoms with E-state index >= 15 is 0 Å². The van der Waals surface area contributed by atoms with Gasteiger partial charge < -0.3 is 15.5 Å². The van der Waals surface area contributed by atoms with Gasteiger partial charge in [0.05, 0.1) is 12.1 Å². The van der Waals surface area contributed by atoms with Crippen LogP contribution < -0.4 is 10.6 Å². The number of nitrogens with one attached hydrogen (secondary N) is 2. The first-order valence-electron chi connectivity index (χ1n) is 12.2. The van der Waals surface area contributed by atoms with E-state index in [1.165, 1.54) is 6.42 Å². The highest BCUT2D eigenvalue weighted by atomic mass is 16.2. The Balaban J connectivity index is 1.57. The Kier molecular flexibility index (Phi) is 7.70. The molecule has 0 aromatic carbocycles. The average molecular weight is 450 g/mol. The van der Waals surface area contributed by atoms with E-state index in [-0.39, 0.29) is 29.8 Å². The van der Waals surface area contributed by atoms with E-state index in [2.05, 4.69) is 26.7 Å². The number of pyridine rings is 2. The molecule has 0 spiro atoms. The summed E-state index contributed by atoms with van der Waals surface area (Å²) in [6.07, 6.45) is 14.6. The lowest BCUT2D eigenvalue weighted by Crippen LogP contribution is -2.55.